The number of nitrogens with zero attached hydrogens (tertiary/aromatic N) is 1. The smallest absolute Gasteiger partial charge is 0.347 e. The van der Waals surface area contributed by atoms with E-state index in [-0.39, 0.29) is 17.3 Å². The number of aromatic nitrogens is 1. The third-order valence-electron chi connectivity index (χ3n) is 1.95. The van der Waals surface area contributed by atoms with Crippen LogP contribution in [-0.4, -0.2) is 15.4 Å². The molecule has 0 unspecified atom stereocenters. The molecule has 1 aromatic carbocycles. The second-order valence-electron chi connectivity index (χ2n) is 3.23. The normalized spacial score (nSPS) is 10.2. The SMILES string of the molecule is O=C(O)c1cc(COc2cccc(F)c2)ns1. The van der Waals surface area contributed by atoms with Crippen LogP contribution in [0.2, 0.25) is 0 Å². The average molecular weight is 253 g/mol. The number of carboxylic acid groups (broad SMARTS) is 1. The minimum absolute atomic E-state index is 0.118. The molecule has 88 valence electrons. The Morgan fingerprint density at radius 2 is 2.29 bits per heavy atom. The Balaban J connectivity index is 2.00. The monoisotopic (exact) mass is 253 g/mol. The Morgan fingerprint density at radius 3 is 2.94 bits per heavy atom. The van der Waals surface area contributed by atoms with Crippen molar-refractivity contribution in [3.63, 3.8) is 0 Å². The molecule has 0 spiro atoms. The van der Waals surface area contributed by atoms with E-state index in [0.717, 1.165) is 11.5 Å². The standard InChI is InChI=1S/C11H8FNO3S/c12-7-2-1-3-9(4-7)16-6-8-5-10(11(14)15)17-13-8/h1-5H,6H2,(H,14,15). The number of aromatic carboxylic acids is 1. The molecule has 1 heterocycles. The van der Waals surface area contributed by atoms with Crippen molar-refractivity contribution in [2.75, 3.05) is 0 Å². The van der Waals surface area contributed by atoms with Crippen molar-refractivity contribution in [2.45, 2.75) is 6.61 Å². The van der Waals surface area contributed by atoms with E-state index in [0.29, 0.717) is 11.4 Å². The van der Waals surface area contributed by atoms with E-state index in [1.165, 1.54) is 24.3 Å². The van der Waals surface area contributed by atoms with E-state index in [4.69, 9.17) is 9.84 Å². The fraction of sp³-hybridized carbons (Fsp3) is 0.0909. The van der Waals surface area contributed by atoms with Crippen LogP contribution in [0.25, 0.3) is 0 Å². The minimum atomic E-state index is -1.01. The summed E-state index contributed by atoms with van der Waals surface area (Å²) in [5, 5.41) is 8.70. The molecule has 0 saturated carbocycles. The third-order valence-corrected chi connectivity index (χ3v) is 2.77. The lowest BCUT2D eigenvalue weighted by atomic mass is 10.3. The Kier molecular flexibility index (Phi) is 3.34. The van der Waals surface area contributed by atoms with E-state index in [9.17, 15) is 9.18 Å². The number of carbonyl (C=O) groups is 1. The second kappa shape index (κ2) is 4.92. The summed E-state index contributed by atoms with van der Waals surface area (Å²) in [6, 6.07) is 7.16. The highest BCUT2D eigenvalue weighted by Crippen LogP contribution is 2.15. The van der Waals surface area contributed by atoms with Crippen molar-refractivity contribution in [3.8, 4) is 5.75 Å². The summed E-state index contributed by atoms with van der Waals surface area (Å²) in [6.07, 6.45) is 0. The van der Waals surface area contributed by atoms with Gasteiger partial charge in [0, 0.05) is 6.07 Å². The molecule has 0 aliphatic rings. The summed E-state index contributed by atoms with van der Waals surface area (Å²) in [5.74, 6) is -1.01. The molecule has 0 fully saturated rings. The fourth-order valence-electron chi connectivity index (χ4n) is 1.19. The van der Waals surface area contributed by atoms with Gasteiger partial charge in [0.25, 0.3) is 0 Å². The van der Waals surface area contributed by atoms with Crippen LogP contribution in [0, 0.1) is 5.82 Å². The van der Waals surface area contributed by atoms with Crippen molar-refractivity contribution < 1.29 is 19.0 Å². The zero-order valence-electron chi connectivity index (χ0n) is 8.59. The Labute approximate surface area is 100 Å². The first kappa shape index (κ1) is 11.5. The highest BCUT2D eigenvalue weighted by atomic mass is 32.1. The highest BCUT2D eigenvalue weighted by Gasteiger charge is 2.08. The Morgan fingerprint density at radius 1 is 1.47 bits per heavy atom. The molecular formula is C11H8FNO3S. The first-order valence-electron chi connectivity index (χ1n) is 4.72. The maximum absolute atomic E-state index is 12.8. The highest BCUT2D eigenvalue weighted by molar-refractivity contribution is 7.08. The van der Waals surface area contributed by atoms with Gasteiger partial charge in [-0.3, -0.25) is 0 Å². The minimum Gasteiger partial charge on any atom is -0.487 e. The van der Waals surface area contributed by atoms with Crippen LogP contribution >= 0.6 is 11.5 Å². The molecule has 1 N–H and O–H groups in total. The number of benzene rings is 1. The maximum Gasteiger partial charge on any atom is 0.347 e. The summed E-state index contributed by atoms with van der Waals surface area (Å²) in [4.78, 5) is 10.8. The molecular weight excluding hydrogens is 245 g/mol. The van der Waals surface area contributed by atoms with Crippen molar-refractivity contribution in [1.29, 1.82) is 0 Å². The van der Waals surface area contributed by atoms with Crippen molar-refractivity contribution >= 4 is 17.5 Å². The molecule has 6 heteroatoms. The van der Waals surface area contributed by atoms with E-state index in [1.54, 1.807) is 6.07 Å². The van der Waals surface area contributed by atoms with Gasteiger partial charge in [-0.1, -0.05) is 6.07 Å². The van der Waals surface area contributed by atoms with Gasteiger partial charge >= 0.3 is 5.97 Å². The summed E-state index contributed by atoms with van der Waals surface area (Å²) in [7, 11) is 0. The third kappa shape index (κ3) is 3.01. The molecule has 0 aliphatic carbocycles. The Bertz CT molecular complexity index is 541. The molecule has 1 aromatic heterocycles. The van der Waals surface area contributed by atoms with E-state index >= 15 is 0 Å². The largest absolute Gasteiger partial charge is 0.487 e. The van der Waals surface area contributed by atoms with Gasteiger partial charge in [0.1, 0.15) is 23.1 Å². The van der Waals surface area contributed by atoms with Crippen molar-refractivity contribution in [2.24, 2.45) is 0 Å². The average Bonchev–Trinajstić information content (AvgIpc) is 2.75. The van der Waals surface area contributed by atoms with E-state index in [2.05, 4.69) is 4.37 Å². The fourth-order valence-corrected chi connectivity index (χ4v) is 1.78. The lowest BCUT2D eigenvalue weighted by Crippen LogP contribution is -1.96. The summed E-state index contributed by atoms with van der Waals surface area (Å²) < 4.78 is 22.0. The quantitative estimate of drug-likeness (QED) is 0.909. The molecule has 17 heavy (non-hydrogen) atoms. The van der Waals surface area contributed by atoms with Crippen LogP contribution in [0.3, 0.4) is 0 Å². The topological polar surface area (TPSA) is 59.4 Å². The van der Waals surface area contributed by atoms with Crippen LogP contribution in [0.15, 0.2) is 30.3 Å². The molecule has 0 radical (unpaired) electrons. The van der Waals surface area contributed by atoms with E-state index in [1.807, 2.05) is 0 Å². The van der Waals surface area contributed by atoms with Gasteiger partial charge in [-0.05, 0) is 29.7 Å². The van der Waals surface area contributed by atoms with Crippen molar-refractivity contribution in [3.05, 3.63) is 46.7 Å². The first-order chi connectivity index (χ1) is 8.15. The number of hydrogen-bond donors (Lipinski definition) is 1. The molecule has 0 amide bonds. The van der Waals surface area contributed by atoms with Gasteiger partial charge in [0.15, 0.2) is 0 Å². The molecule has 0 atom stereocenters. The molecule has 2 rings (SSSR count). The summed E-state index contributed by atoms with van der Waals surface area (Å²) in [5.41, 5.74) is 0.511. The van der Waals surface area contributed by atoms with Crippen LogP contribution in [-0.2, 0) is 6.61 Å². The van der Waals surface area contributed by atoms with Gasteiger partial charge < -0.3 is 9.84 Å². The lowest BCUT2D eigenvalue weighted by Gasteiger charge is -2.03. The zero-order valence-corrected chi connectivity index (χ0v) is 9.41. The molecule has 4 nitrogen and oxygen atoms in total. The number of carboxylic acids is 1. The maximum atomic E-state index is 12.8. The molecule has 0 bridgehead atoms. The molecule has 0 saturated heterocycles. The predicted molar refractivity (Wildman–Crippen MR) is 59.8 cm³/mol. The summed E-state index contributed by atoms with van der Waals surface area (Å²) >= 11 is 0.892. The van der Waals surface area contributed by atoms with Crippen LogP contribution < -0.4 is 4.74 Å². The number of hydrogen-bond acceptors (Lipinski definition) is 4. The number of halogens is 1. The lowest BCUT2D eigenvalue weighted by molar-refractivity contribution is 0.0702. The predicted octanol–water partition coefficient (Wildman–Crippen LogP) is 2.56. The van der Waals surface area contributed by atoms with Gasteiger partial charge in [-0.25, -0.2) is 9.18 Å². The second-order valence-corrected chi connectivity index (χ2v) is 4.04. The summed E-state index contributed by atoms with van der Waals surface area (Å²) in [6.45, 7) is 0.118. The number of rotatable bonds is 4. The van der Waals surface area contributed by atoms with Crippen LogP contribution in [0.4, 0.5) is 4.39 Å². The molecule has 2 aromatic rings. The number of ether oxygens (including phenoxy) is 1. The van der Waals surface area contributed by atoms with Crippen LogP contribution in [0.5, 0.6) is 5.75 Å². The Hall–Kier alpha value is -1.95. The van der Waals surface area contributed by atoms with Crippen LogP contribution in [0.1, 0.15) is 15.4 Å². The first-order valence-corrected chi connectivity index (χ1v) is 5.50. The van der Waals surface area contributed by atoms with Gasteiger partial charge in [0.05, 0.1) is 5.69 Å². The van der Waals surface area contributed by atoms with Gasteiger partial charge in [-0.15, -0.1) is 0 Å². The van der Waals surface area contributed by atoms with Crippen molar-refractivity contribution in [1.82, 2.24) is 4.37 Å². The van der Waals surface area contributed by atoms with Gasteiger partial charge in [0.2, 0.25) is 0 Å². The van der Waals surface area contributed by atoms with Gasteiger partial charge in [-0.2, -0.15) is 4.37 Å². The van der Waals surface area contributed by atoms with E-state index < -0.39 is 5.97 Å². The molecule has 0 aliphatic heterocycles. The zero-order chi connectivity index (χ0) is 12.3.